The number of aromatic nitrogens is 2. The van der Waals surface area contributed by atoms with Crippen molar-refractivity contribution in [3.8, 4) is 0 Å². The van der Waals surface area contributed by atoms with Crippen LogP contribution in [-0.4, -0.2) is 27.8 Å². The molecule has 0 atom stereocenters. The summed E-state index contributed by atoms with van der Waals surface area (Å²) in [7, 11) is 0. The number of aryl methyl sites for hydroxylation is 2. The van der Waals surface area contributed by atoms with Gasteiger partial charge in [0, 0.05) is 18.0 Å². The molecule has 5 nitrogen and oxygen atoms in total. The molecule has 2 aromatic heterocycles. The maximum Gasteiger partial charge on any atom is 0.263 e. The first kappa shape index (κ1) is 20.1. The molecule has 1 aliphatic rings. The topological polar surface area (TPSA) is 64.0 Å². The predicted molar refractivity (Wildman–Crippen MR) is 114 cm³/mol. The second kappa shape index (κ2) is 9.55. The van der Waals surface area contributed by atoms with Crippen molar-refractivity contribution in [2.24, 2.45) is 0 Å². The number of hydrogen-bond acceptors (Lipinski definition) is 5. The van der Waals surface area contributed by atoms with Gasteiger partial charge in [-0.05, 0) is 31.2 Å². The number of thioether (sulfide) groups is 1. The van der Waals surface area contributed by atoms with Gasteiger partial charge < -0.3 is 5.32 Å². The van der Waals surface area contributed by atoms with Gasteiger partial charge >= 0.3 is 0 Å². The summed E-state index contributed by atoms with van der Waals surface area (Å²) in [6.07, 6.45) is 9.37. The minimum atomic E-state index is -0.00956. The van der Waals surface area contributed by atoms with E-state index in [-0.39, 0.29) is 17.2 Å². The van der Waals surface area contributed by atoms with Crippen molar-refractivity contribution in [2.75, 3.05) is 12.3 Å². The normalized spacial score (nSPS) is 13.1. The molecule has 3 rings (SSSR count). The van der Waals surface area contributed by atoms with Gasteiger partial charge in [0.15, 0.2) is 5.16 Å². The minimum absolute atomic E-state index is 0.00164. The molecule has 0 fully saturated rings. The zero-order valence-corrected chi connectivity index (χ0v) is 17.5. The Balaban J connectivity index is 1.72. The number of nitrogens with zero attached hydrogens (tertiary/aromatic N) is 2. The van der Waals surface area contributed by atoms with Crippen LogP contribution in [0.4, 0.5) is 0 Å². The van der Waals surface area contributed by atoms with E-state index in [4.69, 9.17) is 4.98 Å². The first-order valence-electron chi connectivity index (χ1n) is 9.71. The van der Waals surface area contributed by atoms with E-state index in [1.54, 1.807) is 22.0 Å². The van der Waals surface area contributed by atoms with Crippen molar-refractivity contribution >= 4 is 39.2 Å². The predicted octanol–water partition coefficient (Wildman–Crippen LogP) is 3.92. The van der Waals surface area contributed by atoms with Gasteiger partial charge in [-0.25, -0.2) is 4.98 Å². The van der Waals surface area contributed by atoms with E-state index in [0.29, 0.717) is 18.2 Å². The van der Waals surface area contributed by atoms with Gasteiger partial charge in [0.2, 0.25) is 5.91 Å². The van der Waals surface area contributed by atoms with Gasteiger partial charge in [-0.3, -0.25) is 14.2 Å². The Kier molecular flexibility index (Phi) is 7.13. The van der Waals surface area contributed by atoms with Crippen LogP contribution in [-0.2, 0) is 24.2 Å². The number of rotatable bonds is 10. The molecule has 7 heteroatoms. The summed E-state index contributed by atoms with van der Waals surface area (Å²) < 4.78 is 1.65. The highest BCUT2D eigenvalue weighted by molar-refractivity contribution is 7.99. The Bertz CT molecular complexity index is 885. The molecule has 27 heavy (non-hydrogen) atoms. The number of unbranched alkanes of at least 4 members (excludes halogenated alkanes) is 3. The van der Waals surface area contributed by atoms with E-state index in [0.717, 1.165) is 42.3 Å². The lowest BCUT2D eigenvalue weighted by atomic mass is 10.2. The Labute approximate surface area is 168 Å². The Morgan fingerprint density at radius 3 is 3.00 bits per heavy atom. The molecule has 2 heterocycles. The molecule has 1 aliphatic carbocycles. The smallest absolute Gasteiger partial charge is 0.263 e. The third-order valence-electron chi connectivity index (χ3n) is 4.79. The van der Waals surface area contributed by atoms with E-state index < -0.39 is 0 Å². The highest BCUT2D eigenvalue weighted by Gasteiger charge is 2.23. The van der Waals surface area contributed by atoms with Gasteiger partial charge in [0.05, 0.1) is 11.1 Å². The van der Waals surface area contributed by atoms with Crippen molar-refractivity contribution < 1.29 is 4.79 Å². The molecule has 0 saturated heterocycles. The second-order valence-electron chi connectivity index (χ2n) is 6.84. The highest BCUT2D eigenvalue weighted by atomic mass is 32.2. The summed E-state index contributed by atoms with van der Waals surface area (Å²) in [5.74, 6) is 0.262. The standard InChI is InChI=1S/C20H27N3O2S2/c1-3-5-6-7-11-21-16(24)13-26-20-22-18-17(19(25)23(20)12-4-2)14-9-8-10-15(14)27-18/h4H,2-3,5-13H2,1H3,(H,21,24). The highest BCUT2D eigenvalue weighted by Crippen LogP contribution is 2.35. The fourth-order valence-corrected chi connectivity index (χ4v) is 5.56. The molecule has 0 aromatic carbocycles. The Morgan fingerprint density at radius 1 is 1.37 bits per heavy atom. The number of thiophene rings is 1. The third kappa shape index (κ3) is 4.63. The van der Waals surface area contributed by atoms with Crippen molar-refractivity contribution in [1.29, 1.82) is 0 Å². The summed E-state index contributed by atoms with van der Waals surface area (Å²) in [5.41, 5.74) is 1.19. The molecular formula is C20H27N3O2S2. The lowest BCUT2D eigenvalue weighted by Gasteiger charge is -2.10. The second-order valence-corrected chi connectivity index (χ2v) is 8.86. The number of nitrogens with one attached hydrogen (secondary N) is 1. The molecule has 0 radical (unpaired) electrons. The van der Waals surface area contributed by atoms with Crippen molar-refractivity contribution in [3.63, 3.8) is 0 Å². The van der Waals surface area contributed by atoms with Crippen LogP contribution in [0.2, 0.25) is 0 Å². The maximum absolute atomic E-state index is 13.0. The van der Waals surface area contributed by atoms with Crippen LogP contribution in [0, 0.1) is 0 Å². The molecular weight excluding hydrogens is 378 g/mol. The lowest BCUT2D eigenvalue weighted by molar-refractivity contribution is -0.118. The van der Waals surface area contributed by atoms with Crippen LogP contribution >= 0.6 is 23.1 Å². The molecule has 0 unspecified atom stereocenters. The minimum Gasteiger partial charge on any atom is -0.355 e. The molecule has 0 saturated carbocycles. The van der Waals surface area contributed by atoms with Crippen LogP contribution < -0.4 is 10.9 Å². The summed E-state index contributed by atoms with van der Waals surface area (Å²) >= 11 is 2.96. The monoisotopic (exact) mass is 405 g/mol. The van der Waals surface area contributed by atoms with Crippen LogP contribution in [0.5, 0.6) is 0 Å². The van der Waals surface area contributed by atoms with Crippen LogP contribution in [0.25, 0.3) is 10.2 Å². The van der Waals surface area contributed by atoms with Crippen molar-refractivity contribution in [3.05, 3.63) is 33.4 Å². The van der Waals surface area contributed by atoms with E-state index in [1.807, 2.05) is 0 Å². The average Bonchev–Trinajstić information content (AvgIpc) is 3.23. The first-order valence-corrected chi connectivity index (χ1v) is 11.5. The maximum atomic E-state index is 13.0. The Hall–Kier alpha value is -1.60. The fourth-order valence-electron chi connectivity index (χ4n) is 3.42. The molecule has 1 N–H and O–H groups in total. The van der Waals surface area contributed by atoms with E-state index in [9.17, 15) is 9.59 Å². The zero-order valence-electron chi connectivity index (χ0n) is 15.9. The number of fused-ring (bicyclic) bond motifs is 3. The number of allylic oxidation sites excluding steroid dienone is 1. The number of amides is 1. The van der Waals surface area contributed by atoms with Gasteiger partial charge in [0.1, 0.15) is 4.83 Å². The summed E-state index contributed by atoms with van der Waals surface area (Å²) in [5, 5.41) is 4.34. The molecule has 2 aromatic rings. The average molecular weight is 406 g/mol. The molecule has 0 aliphatic heterocycles. The van der Waals surface area contributed by atoms with Gasteiger partial charge in [-0.15, -0.1) is 17.9 Å². The van der Waals surface area contributed by atoms with Gasteiger partial charge in [-0.1, -0.05) is 44.0 Å². The SMILES string of the molecule is C=CCn1c(SCC(=O)NCCCCCC)nc2sc3c(c2c1=O)CCC3. The van der Waals surface area contributed by atoms with Crippen LogP contribution in [0.1, 0.15) is 49.5 Å². The molecule has 0 spiro atoms. The number of carbonyl (C=O) groups is 1. The number of carbonyl (C=O) groups excluding carboxylic acids is 1. The van der Waals surface area contributed by atoms with Crippen molar-refractivity contribution in [2.45, 2.75) is 63.6 Å². The molecule has 0 bridgehead atoms. The van der Waals surface area contributed by atoms with Gasteiger partial charge in [0.25, 0.3) is 5.56 Å². The van der Waals surface area contributed by atoms with E-state index >= 15 is 0 Å². The zero-order chi connectivity index (χ0) is 19.2. The van der Waals surface area contributed by atoms with Crippen LogP contribution in [0.3, 0.4) is 0 Å². The summed E-state index contributed by atoms with van der Waals surface area (Å²) in [6, 6.07) is 0. The van der Waals surface area contributed by atoms with Gasteiger partial charge in [-0.2, -0.15) is 0 Å². The number of hydrogen-bond donors (Lipinski definition) is 1. The summed E-state index contributed by atoms with van der Waals surface area (Å²) in [6.45, 7) is 7.06. The lowest BCUT2D eigenvalue weighted by Crippen LogP contribution is -2.27. The molecule has 146 valence electrons. The Morgan fingerprint density at radius 2 is 2.22 bits per heavy atom. The fraction of sp³-hybridized carbons (Fsp3) is 0.550. The first-order chi connectivity index (χ1) is 13.2. The third-order valence-corrected chi connectivity index (χ3v) is 6.95. The molecule has 1 amide bonds. The van der Waals surface area contributed by atoms with E-state index in [2.05, 4.69) is 18.8 Å². The summed E-state index contributed by atoms with van der Waals surface area (Å²) in [4.78, 5) is 32.0. The van der Waals surface area contributed by atoms with Crippen molar-refractivity contribution in [1.82, 2.24) is 14.9 Å². The van der Waals surface area contributed by atoms with E-state index in [1.165, 1.54) is 35.0 Å². The van der Waals surface area contributed by atoms with Crippen LogP contribution in [0.15, 0.2) is 22.6 Å². The quantitative estimate of drug-likeness (QED) is 0.282. The largest absolute Gasteiger partial charge is 0.355 e.